The van der Waals surface area contributed by atoms with Gasteiger partial charge in [-0.2, -0.15) is 0 Å². The molecule has 1 atom stereocenters. The summed E-state index contributed by atoms with van der Waals surface area (Å²) in [4.78, 5) is 11.1. The molecule has 0 spiro atoms. The van der Waals surface area contributed by atoms with Crippen molar-refractivity contribution in [3.63, 3.8) is 0 Å². The molecular formula is C12H15NO. The first kappa shape index (κ1) is 9.41. The quantitative estimate of drug-likeness (QED) is 0.773. The van der Waals surface area contributed by atoms with Crippen LogP contribution in [0.1, 0.15) is 36.3 Å². The van der Waals surface area contributed by atoms with Gasteiger partial charge >= 0.3 is 0 Å². The molecule has 1 saturated carbocycles. The minimum atomic E-state index is 0.401. The van der Waals surface area contributed by atoms with E-state index >= 15 is 0 Å². The molecule has 0 amide bonds. The van der Waals surface area contributed by atoms with Crippen LogP contribution >= 0.6 is 0 Å². The zero-order valence-electron chi connectivity index (χ0n) is 8.20. The van der Waals surface area contributed by atoms with Crippen molar-refractivity contribution in [2.75, 3.05) is 0 Å². The van der Waals surface area contributed by atoms with Crippen molar-refractivity contribution in [2.45, 2.75) is 31.7 Å². The van der Waals surface area contributed by atoms with Gasteiger partial charge in [0.1, 0.15) is 5.78 Å². The zero-order chi connectivity index (χ0) is 9.97. The topological polar surface area (TPSA) is 43.1 Å². The molecule has 14 heavy (non-hydrogen) atoms. The van der Waals surface area contributed by atoms with Crippen molar-refractivity contribution in [1.82, 2.24) is 0 Å². The highest BCUT2D eigenvalue weighted by Gasteiger charge is 2.22. The summed E-state index contributed by atoms with van der Waals surface area (Å²) in [5.41, 5.74) is 7.96. The van der Waals surface area contributed by atoms with E-state index in [0.29, 0.717) is 18.2 Å². The van der Waals surface area contributed by atoms with Gasteiger partial charge in [-0.3, -0.25) is 4.79 Å². The summed E-state index contributed by atoms with van der Waals surface area (Å²) >= 11 is 0. The van der Waals surface area contributed by atoms with E-state index < -0.39 is 0 Å². The summed E-state index contributed by atoms with van der Waals surface area (Å²) in [6, 6.07) is 8.31. The second-order valence-corrected chi connectivity index (χ2v) is 3.92. The summed E-state index contributed by atoms with van der Waals surface area (Å²) in [6.07, 6.45) is 2.49. The number of carbonyl (C=O) groups excluding carboxylic acids is 1. The summed E-state index contributed by atoms with van der Waals surface area (Å²) in [5, 5.41) is 0. The highest BCUT2D eigenvalue weighted by molar-refractivity contribution is 5.81. The second kappa shape index (κ2) is 3.93. The Morgan fingerprint density at radius 1 is 1.29 bits per heavy atom. The van der Waals surface area contributed by atoms with Crippen LogP contribution in [0.2, 0.25) is 0 Å². The van der Waals surface area contributed by atoms with Gasteiger partial charge in [-0.15, -0.1) is 0 Å². The van der Waals surface area contributed by atoms with E-state index in [1.807, 2.05) is 0 Å². The maximum atomic E-state index is 11.1. The van der Waals surface area contributed by atoms with Crippen molar-refractivity contribution in [2.24, 2.45) is 5.73 Å². The van der Waals surface area contributed by atoms with Crippen LogP contribution in [0.3, 0.4) is 0 Å². The number of Topliss-reactive ketones (excluding diaryl/α,β-unsaturated/α-hetero) is 1. The summed E-state index contributed by atoms with van der Waals surface area (Å²) < 4.78 is 0. The number of hydrogen-bond acceptors (Lipinski definition) is 2. The first-order valence-corrected chi connectivity index (χ1v) is 5.10. The molecule has 0 heterocycles. The average Bonchev–Trinajstić information content (AvgIpc) is 2.65. The predicted octanol–water partition coefficient (Wildman–Crippen LogP) is 1.98. The average molecular weight is 189 g/mol. The fourth-order valence-electron chi connectivity index (χ4n) is 2.02. The summed E-state index contributed by atoms with van der Waals surface area (Å²) in [6.45, 7) is 0.587. The minimum Gasteiger partial charge on any atom is -0.326 e. The van der Waals surface area contributed by atoms with Crippen LogP contribution in [0.4, 0.5) is 0 Å². The molecular weight excluding hydrogens is 174 g/mol. The van der Waals surface area contributed by atoms with Crippen LogP contribution in [0, 0.1) is 0 Å². The van der Waals surface area contributed by atoms with Crippen molar-refractivity contribution in [3.8, 4) is 0 Å². The number of carbonyl (C=O) groups is 1. The molecule has 1 unspecified atom stereocenters. The maximum absolute atomic E-state index is 11.1. The van der Waals surface area contributed by atoms with Crippen LogP contribution in [0.15, 0.2) is 24.3 Å². The second-order valence-electron chi connectivity index (χ2n) is 3.92. The Labute approximate surface area is 84.1 Å². The molecule has 2 N–H and O–H groups in total. The normalized spacial score (nSPS) is 21.5. The first-order chi connectivity index (χ1) is 6.79. The molecule has 0 aromatic heterocycles. The van der Waals surface area contributed by atoms with Crippen LogP contribution < -0.4 is 5.73 Å². The van der Waals surface area contributed by atoms with E-state index in [9.17, 15) is 4.79 Å². The first-order valence-electron chi connectivity index (χ1n) is 5.10. The highest BCUT2D eigenvalue weighted by atomic mass is 16.1. The molecule has 1 aromatic rings. The third kappa shape index (κ3) is 1.85. The lowest BCUT2D eigenvalue weighted by atomic mass is 9.97. The van der Waals surface area contributed by atoms with Gasteiger partial charge in [0.15, 0.2) is 0 Å². The van der Waals surface area contributed by atoms with E-state index in [1.165, 1.54) is 5.56 Å². The largest absolute Gasteiger partial charge is 0.326 e. The van der Waals surface area contributed by atoms with Gasteiger partial charge in [0, 0.05) is 19.4 Å². The van der Waals surface area contributed by atoms with Gasteiger partial charge in [-0.05, 0) is 23.5 Å². The maximum Gasteiger partial charge on any atom is 0.133 e. The van der Waals surface area contributed by atoms with E-state index in [1.54, 1.807) is 0 Å². The molecule has 2 rings (SSSR count). The van der Waals surface area contributed by atoms with Crippen LogP contribution in [0.5, 0.6) is 0 Å². The van der Waals surface area contributed by atoms with E-state index in [2.05, 4.69) is 24.3 Å². The number of hydrogen-bond donors (Lipinski definition) is 1. The fourth-order valence-corrected chi connectivity index (χ4v) is 2.02. The molecule has 1 aromatic carbocycles. The Morgan fingerprint density at radius 2 is 2.00 bits per heavy atom. The van der Waals surface area contributed by atoms with Crippen molar-refractivity contribution >= 4 is 5.78 Å². The molecule has 1 aliphatic rings. The van der Waals surface area contributed by atoms with Gasteiger partial charge in [0.05, 0.1) is 0 Å². The molecule has 2 heteroatoms. The summed E-state index contributed by atoms with van der Waals surface area (Å²) in [7, 11) is 0. The SMILES string of the molecule is NCc1ccc(C2CCC(=O)C2)cc1. The zero-order valence-corrected chi connectivity index (χ0v) is 8.20. The van der Waals surface area contributed by atoms with Gasteiger partial charge in [-0.25, -0.2) is 0 Å². The molecule has 1 fully saturated rings. The van der Waals surface area contributed by atoms with Gasteiger partial charge < -0.3 is 5.73 Å². The molecule has 0 aliphatic heterocycles. The molecule has 1 aliphatic carbocycles. The van der Waals surface area contributed by atoms with Crippen LogP contribution in [0.25, 0.3) is 0 Å². The third-order valence-corrected chi connectivity index (χ3v) is 2.93. The van der Waals surface area contributed by atoms with Crippen molar-refractivity contribution in [3.05, 3.63) is 35.4 Å². The number of rotatable bonds is 2. The number of benzene rings is 1. The monoisotopic (exact) mass is 189 g/mol. The third-order valence-electron chi connectivity index (χ3n) is 2.93. The molecule has 0 radical (unpaired) electrons. The number of nitrogens with two attached hydrogens (primary N) is 1. The summed E-state index contributed by atoms with van der Waals surface area (Å²) in [5.74, 6) is 0.854. The van der Waals surface area contributed by atoms with E-state index in [-0.39, 0.29) is 0 Å². The lowest BCUT2D eigenvalue weighted by Gasteiger charge is -2.08. The molecule has 74 valence electrons. The highest BCUT2D eigenvalue weighted by Crippen LogP contribution is 2.31. The smallest absolute Gasteiger partial charge is 0.133 e. The lowest BCUT2D eigenvalue weighted by Crippen LogP contribution is -1.98. The number of ketones is 1. The fraction of sp³-hybridized carbons (Fsp3) is 0.417. The standard InChI is InChI=1S/C12H15NO/c13-8-9-1-3-10(4-2-9)11-5-6-12(14)7-11/h1-4,11H,5-8,13H2. The van der Waals surface area contributed by atoms with Gasteiger partial charge in [-0.1, -0.05) is 24.3 Å². The molecule has 0 saturated heterocycles. The Kier molecular flexibility index (Phi) is 2.64. The Morgan fingerprint density at radius 3 is 2.50 bits per heavy atom. The van der Waals surface area contributed by atoms with Crippen molar-refractivity contribution in [1.29, 1.82) is 0 Å². The van der Waals surface area contributed by atoms with E-state index in [4.69, 9.17) is 5.73 Å². The molecule has 2 nitrogen and oxygen atoms in total. The lowest BCUT2D eigenvalue weighted by molar-refractivity contribution is -0.117. The minimum absolute atomic E-state index is 0.401. The van der Waals surface area contributed by atoms with Crippen molar-refractivity contribution < 1.29 is 4.79 Å². The van der Waals surface area contributed by atoms with Gasteiger partial charge in [0.25, 0.3) is 0 Å². The van der Waals surface area contributed by atoms with Crippen LogP contribution in [-0.4, -0.2) is 5.78 Å². The van der Waals surface area contributed by atoms with Gasteiger partial charge in [0.2, 0.25) is 0 Å². The molecule has 0 bridgehead atoms. The predicted molar refractivity (Wildman–Crippen MR) is 55.9 cm³/mol. The Hall–Kier alpha value is -1.15. The Balaban J connectivity index is 2.13. The van der Waals surface area contributed by atoms with Crippen LogP contribution in [-0.2, 0) is 11.3 Å². The Bertz CT molecular complexity index is 329. The van der Waals surface area contributed by atoms with E-state index in [0.717, 1.165) is 24.8 Å².